The SMILES string of the molecule is C=CCCc1ccc(-c2ccc3c(OC(F)F)c(OCC=C)ccc3c2)cc1. The van der Waals surface area contributed by atoms with Gasteiger partial charge in [0, 0.05) is 5.39 Å². The topological polar surface area (TPSA) is 18.5 Å². The summed E-state index contributed by atoms with van der Waals surface area (Å²) in [4.78, 5) is 0. The van der Waals surface area contributed by atoms with Crippen LogP contribution < -0.4 is 9.47 Å². The van der Waals surface area contributed by atoms with Gasteiger partial charge in [-0.15, -0.1) is 6.58 Å². The number of benzene rings is 3. The molecule has 0 aliphatic heterocycles. The Morgan fingerprint density at radius 1 is 0.893 bits per heavy atom. The maximum Gasteiger partial charge on any atom is 0.387 e. The molecule has 0 unspecified atom stereocenters. The van der Waals surface area contributed by atoms with Gasteiger partial charge in [0.1, 0.15) is 6.61 Å². The van der Waals surface area contributed by atoms with Crippen LogP contribution in [0.4, 0.5) is 8.78 Å². The molecule has 3 aromatic carbocycles. The standard InChI is InChI=1S/C24H22F2O2/c1-3-5-6-17-7-9-18(10-8-17)19-11-13-21-20(16-19)12-14-22(27-15-4-2)23(21)28-24(25)26/h3-4,7-14,16,24H,1-2,5-6,15H2. The molecule has 0 aromatic heterocycles. The summed E-state index contributed by atoms with van der Waals surface area (Å²) < 4.78 is 36.1. The fourth-order valence-corrected chi connectivity index (χ4v) is 3.07. The van der Waals surface area contributed by atoms with Crippen LogP contribution in [-0.2, 0) is 6.42 Å². The molecule has 0 N–H and O–H groups in total. The first kappa shape index (κ1) is 19.6. The van der Waals surface area contributed by atoms with E-state index in [9.17, 15) is 8.78 Å². The van der Waals surface area contributed by atoms with Gasteiger partial charge < -0.3 is 9.47 Å². The van der Waals surface area contributed by atoms with E-state index in [1.807, 2.05) is 24.3 Å². The lowest BCUT2D eigenvalue weighted by molar-refractivity contribution is -0.0502. The Morgan fingerprint density at radius 2 is 1.64 bits per heavy atom. The fraction of sp³-hybridized carbons (Fsp3) is 0.167. The summed E-state index contributed by atoms with van der Waals surface area (Å²) in [6, 6.07) is 17.5. The van der Waals surface area contributed by atoms with Gasteiger partial charge in [0.15, 0.2) is 11.5 Å². The number of halogens is 2. The quantitative estimate of drug-likeness (QED) is 0.380. The number of hydrogen-bond donors (Lipinski definition) is 0. The zero-order valence-corrected chi connectivity index (χ0v) is 15.5. The van der Waals surface area contributed by atoms with Gasteiger partial charge in [0.05, 0.1) is 0 Å². The predicted octanol–water partition coefficient (Wildman–Crippen LogP) is 6.79. The Morgan fingerprint density at radius 3 is 2.32 bits per heavy atom. The van der Waals surface area contributed by atoms with Crippen LogP contribution in [-0.4, -0.2) is 13.2 Å². The highest BCUT2D eigenvalue weighted by Gasteiger charge is 2.15. The molecule has 3 rings (SSSR count). The normalized spacial score (nSPS) is 10.8. The third-order valence-corrected chi connectivity index (χ3v) is 4.42. The van der Waals surface area contributed by atoms with Crippen molar-refractivity contribution < 1.29 is 18.3 Å². The van der Waals surface area contributed by atoms with E-state index >= 15 is 0 Å². The van der Waals surface area contributed by atoms with Crippen LogP contribution >= 0.6 is 0 Å². The molecule has 3 aromatic rings. The third-order valence-electron chi connectivity index (χ3n) is 4.42. The van der Waals surface area contributed by atoms with Crippen LogP contribution in [0.15, 0.2) is 79.9 Å². The van der Waals surface area contributed by atoms with Crippen molar-refractivity contribution in [2.24, 2.45) is 0 Å². The summed E-state index contributed by atoms with van der Waals surface area (Å²) in [5, 5.41) is 1.38. The molecular weight excluding hydrogens is 358 g/mol. The lowest BCUT2D eigenvalue weighted by atomic mass is 9.99. The summed E-state index contributed by atoms with van der Waals surface area (Å²) in [7, 11) is 0. The summed E-state index contributed by atoms with van der Waals surface area (Å²) in [5.74, 6) is 0.313. The molecule has 144 valence electrons. The minimum atomic E-state index is -2.93. The Balaban J connectivity index is 1.96. The molecule has 4 heteroatoms. The van der Waals surface area contributed by atoms with Crippen LogP contribution in [0.5, 0.6) is 11.5 Å². The number of allylic oxidation sites excluding steroid dienone is 1. The molecule has 0 aliphatic rings. The summed E-state index contributed by atoms with van der Waals surface area (Å²) in [6.07, 6.45) is 5.36. The smallest absolute Gasteiger partial charge is 0.387 e. The van der Waals surface area contributed by atoms with Gasteiger partial charge in [-0.25, -0.2) is 0 Å². The van der Waals surface area contributed by atoms with Crippen molar-refractivity contribution in [3.63, 3.8) is 0 Å². The first-order valence-corrected chi connectivity index (χ1v) is 9.08. The molecule has 0 amide bonds. The monoisotopic (exact) mass is 380 g/mol. The molecule has 0 atom stereocenters. The van der Waals surface area contributed by atoms with Crippen molar-refractivity contribution >= 4 is 10.8 Å². The van der Waals surface area contributed by atoms with Gasteiger partial charge >= 0.3 is 6.61 Å². The molecular formula is C24H22F2O2. The Hall–Kier alpha value is -3.14. The molecule has 0 aliphatic carbocycles. The summed E-state index contributed by atoms with van der Waals surface area (Å²) >= 11 is 0. The molecule has 0 radical (unpaired) electrons. The average Bonchev–Trinajstić information content (AvgIpc) is 2.71. The molecule has 28 heavy (non-hydrogen) atoms. The van der Waals surface area contributed by atoms with Crippen LogP contribution in [0.3, 0.4) is 0 Å². The zero-order chi connectivity index (χ0) is 19.9. The van der Waals surface area contributed by atoms with Gasteiger partial charge in [0.2, 0.25) is 0 Å². The second kappa shape index (κ2) is 9.18. The number of aryl methyl sites for hydroxylation is 1. The maximum absolute atomic E-state index is 12.9. The van der Waals surface area contributed by atoms with Gasteiger partial charge in [0.25, 0.3) is 0 Å². The van der Waals surface area contributed by atoms with E-state index < -0.39 is 6.61 Å². The minimum absolute atomic E-state index is 0.0423. The van der Waals surface area contributed by atoms with E-state index in [1.165, 1.54) is 5.56 Å². The van der Waals surface area contributed by atoms with Gasteiger partial charge in [-0.2, -0.15) is 8.78 Å². The highest BCUT2D eigenvalue weighted by Crippen LogP contribution is 2.38. The maximum atomic E-state index is 12.9. The number of alkyl halides is 2. The van der Waals surface area contributed by atoms with Gasteiger partial charge in [-0.05, 0) is 53.1 Å². The van der Waals surface area contributed by atoms with Crippen molar-refractivity contribution in [2.45, 2.75) is 19.5 Å². The number of hydrogen-bond acceptors (Lipinski definition) is 2. The average molecular weight is 380 g/mol. The molecule has 2 nitrogen and oxygen atoms in total. The van der Waals surface area contributed by atoms with Crippen molar-refractivity contribution in [1.29, 1.82) is 0 Å². The zero-order valence-electron chi connectivity index (χ0n) is 15.5. The van der Waals surface area contributed by atoms with Crippen LogP contribution in [0, 0.1) is 0 Å². The molecule has 0 heterocycles. The second-order valence-electron chi connectivity index (χ2n) is 6.33. The molecule has 0 fully saturated rings. The largest absolute Gasteiger partial charge is 0.486 e. The van der Waals surface area contributed by atoms with Gasteiger partial charge in [-0.1, -0.05) is 55.1 Å². The Kier molecular flexibility index (Phi) is 6.43. The van der Waals surface area contributed by atoms with E-state index in [-0.39, 0.29) is 18.1 Å². The van der Waals surface area contributed by atoms with Crippen molar-refractivity contribution in [2.75, 3.05) is 6.61 Å². The molecule has 0 saturated carbocycles. The van der Waals surface area contributed by atoms with E-state index in [0.29, 0.717) is 5.39 Å². The second-order valence-corrected chi connectivity index (χ2v) is 6.33. The Bertz CT molecular complexity index is 962. The van der Waals surface area contributed by atoms with E-state index in [2.05, 4.69) is 37.4 Å². The van der Waals surface area contributed by atoms with Gasteiger partial charge in [-0.3, -0.25) is 0 Å². The molecule has 0 saturated heterocycles. The third kappa shape index (κ3) is 4.58. The van der Waals surface area contributed by atoms with E-state index in [1.54, 1.807) is 18.2 Å². The highest BCUT2D eigenvalue weighted by molar-refractivity contribution is 5.93. The highest BCUT2D eigenvalue weighted by atomic mass is 19.3. The minimum Gasteiger partial charge on any atom is -0.486 e. The number of ether oxygens (including phenoxy) is 2. The van der Waals surface area contributed by atoms with Crippen molar-refractivity contribution in [3.05, 3.63) is 85.5 Å². The van der Waals surface area contributed by atoms with Crippen molar-refractivity contribution in [3.8, 4) is 22.6 Å². The van der Waals surface area contributed by atoms with Crippen LogP contribution in [0.25, 0.3) is 21.9 Å². The lowest BCUT2D eigenvalue weighted by Gasteiger charge is -2.15. The molecule has 0 bridgehead atoms. The summed E-state index contributed by atoms with van der Waals surface area (Å²) in [6.45, 7) is 4.60. The van der Waals surface area contributed by atoms with E-state index in [0.717, 1.165) is 29.4 Å². The van der Waals surface area contributed by atoms with Crippen LogP contribution in [0.2, 0.25) is 0 Å². The van der Waals surface area contributed by atoms with E-state index in [4.69, 9.17) is 9.47 Å². The first-order chi connectivity index (χ1) is 13.6. The first-order valence-electron chi connectivity index (χ1n) is 9.08. The summed E-state index contributed by atoms with van der Waals surface area (Å²) in [5.41, 5.74) is 3.32. The van der Waals surface area contributed by atoms with Crippen molar-refractivity contribution in [1.82, 2.24) is 0 Å². The molecule has 0 spiro atoms. The Labute approximate surface area is 163 Å². The fourth-order valence-electron chi connectivity index (χ4n) is 3.07. The number of fused-ring (bicyclic) bond motifs is 1. The predicted molar refractivity (Wildman–Crippen MR) is 110 cm³/mol. The van der Waals surface area contributed by atoms with Crippen LogP contribution in [0.1, 0.15) is 12.0 Å². The number of rotatable bonds is 9. The lowest BCUT2D eigenvalue weighted by Crippen LogP contribution is -2.05.